The number of fused-ring (bicyclic) bond motifs is 1. The van der Waals surface area contributed by atoms with Crippen molar-refractivity contribution in [2.45, 2.75) is 37.7 Å². The highest BCUT2D eigenvalue weighted by Crippen LogP contribution is 2.30. The molecule has 3 aromatic rings. The van der Waals surface area contributed by atoms with Gasteiger partial charge in [0.05, 0.1) is 16.3 Å². The Balaban J connectivity index is 1.92. The standard InChI is InChI=1S/C20H18F3N3O2S2/c1-5-8-26-19(28)14-9(2)10(3)29-18(14)25-20(26)30-11(4)17(27)24-13-7-6-12(21)15(22)16(13)23/h5-7,11H,1,8H2,2-4H3,(H,24,27)/t11-/m0/s1. The molecule has 0 saturated heterocycles. The van der Waals surface area contributed by atoms with Gasteiger partial charge in [-0.15, -0.1) is 17.9 Å². The summed E-state index contributed by atoms with van der Waals surface area (Å²) >= 11 is 2.39. The average Bonchev–Trinajstić information content (AvgIpc) is 2.98. The Morgan fingerprint density at radius 2 is 2.03 bits per heavy atom. The molecular formula is C20H18F3N3O2S2. The predicted octanol–water partition coefficient (Wildman–Crippen LogP) is 4.80. The molecule has 0 bridgehead atoms. The molecule has 1 N–H and O–H groups in total. The summed E-state index contributed by atoms with van der Waals surface area (Å²) in [5.41, 5.74) is 0.160. The molecule has 0 spiro atoms. The number of nitrogens with zero attached hydrogens (tertiary/aromatic N) is 2. The highest BCUT2D eigenvalue weighted by molar-refractivity contribution is 8.00. The summed E-state index contributed by atoms with van der Waals surface area (Å²) in [5, 5.41) is 2.27. The second kappa shape index (κ2) is 8.65. The van der Waals surface area contributed by atoms with Gasteiger partial charge < -0.3 is 5.32 Å². The zero-order valence-corrected chi connectivity index (χ0v) is 18.0. The summed E-state index contributed by atoms with van der Waals surface area (Å²) < 4.78 is 41.7. The Labute approximate surface area is 178 Å². The van der Waals surface area contributed by atoms with Crippen LogP contribution in [0.15, 0.2) is 34.7 Å². The number of nitrogens with one attached hydrogen (secondary N) is 1. The largest absolute Gasteiger partial charge is 0.323 e. The lowest BCUT2D eigenvalue weighted by Crippen LogP contribution is -2.27. The van der Waals surface area contributed by atoms with Gasteiger partial charge in [-0.2, -0.15) is 0 Å². The van der Waals surface area contributed by atoms with E-state index in [1.54, 1.807) is 6.08 Å². The van der Waals surface area contributed by atoms with E-state index in [0.29, 0.717) is 15.4 Å². The second-order valence-corrected chi connectivity index (χ2v) is 9.05. The third-order valence-electron chi connectivity index (χ3n) is 4.51. The predicted molar refractivity (Wildman–Crippen MR) is 114 cm³/mol. The molecule has 0 saturated carbocycles. The molecule has 2 aromatic heterocycles. The van der Waals surface area contributed by atoms with Crippen LogP contribution < -0.4 is 10.9 Å². The molecule has 30 heavy (non-hydrogen) atoms. The Hall–Kier alpha value is -2.59. The first-order chi connectivity index (χ1) is 14.1. The van der Waals surface area contributed by atoms with E-state index in [-0.39, 0.29) is 12.1 Å². The molecular weight excluding hydrogens is 435 g/mol. The number of rotatable bonds is 6. The number of carbonyl (C=O) groups excluding carboxylic acids is 1. The Morgan fingerprint density at radius 1 is 1.33 bits per heavy atom. The maximum Gasteiger partial charge on any atom is 0.263 e. The zero-order valence-electron chi connectivity index (χ0n) is 16.4. The van der Waals surface area contributed by atoms with Crippen molar-refractivity contribution in [1.82, 2.24) is 9.55 Å². The van der Waals surface area contributed by atoms with Gasteiger partial charge in [0.1, 0.15) is 4.83 Å². The van der Waals surface area contributed by atoms with Crippen molar-refractivity contribution in [3.8, 4) is 0 Å². The van der Waals surface area contributed by atoms with E-state index in [9.17, 15) is 22.8 Å². The number of anilines is 1. The third kappa shape index (κ3) is 4.01. The van der Waals surface area contributed by atoms with E-state index in [1.807, 2.05) is 13.8 Å². The number of thioether (sulfide) groups is 1. The van der Waals surface area contributed by atoms with Crippen LogP contribution in [0.3, 0.4) is 0 Å². The lowest BCUT2D eigenvalue weighted by Gasteiger charge is -2.15. The molecule has 0 aliphatic carbocycles. The molecule has 0 unspecified atom stereocenters. The first-order valence-corrected chi connectivity index (χ1v) is 10.6. The Bertz CT molecular complexity index is 1220. The fourth-order valence-electron chi connectivity index (χ4n) is 2.76. The summed E-state index contributed by atoms with van der Waals surface area (Å²) in [6.45, 7) is 9.15. The van der Waals surface area contributed by atoms with E-state index in [2.05, 4.69) is 16.9 Å². The van der Waals surface area contributed by atoms with Gasteiger partial charge in [-0.25, -0.2) is 18.2 Å². The van der Waals surface area contributed by atoms with Crippen molar-refractivity contribution < 1.29 is 18.0 Å². The number of halogens is 3. The normalized spacial score (nSPS) is 12.2. The van der Waals surface area contributed by atoms with Gasteiger partial charge >= 0.3 is 0 Å². The van der Waals surface area contributed by atoms with E-state index in [4.69, 9.17) is 0 Å². The summed E-state index contributed by atoms with van der Waals surface area (Å²) in [5.74, 6) is -5.14. The van der Waals surface area contributed by atoms with E-state index >= 15 is 0 Å². The number of hydrogen-bond donors (Lipinski definition) is 1. The van der Waals surface area contributed by atoms with Crippen LogP contribution in [0.25, 0.3) is 10.2 Å². The Kier molecular flexibility index (Phi) is 6.37. The van der Waals surface area contributed by atoms with Crippen LogP contribution >= 0.6 is 23.1 Å². The number of thiophene rings is 1. The maximum absolute atomic E-state index is 13.8. The monoisotopic (exact) mass is 453 g/mol. The van der Waals surface area contributed by atoms with Gasteiger partial charge in [-0.05, 0) is 38.5 Å². The summed E-state index contributed by atoms with van der Waals surface area (Å²) in [6, 6.07) is 1.67. The molecule has 2 heterocycles. The fourth-order valence-corrected chi connectivity index (χ4v) is 4.75. The molecule has 1 amide bonds. The van der Waals surface area contributed by atoms with Crippen LogP contribution in [0.4, 0.5) is 18.9 Å². The van der Waals surface area contributed by atoms with Crippen molar-refractivity contribution in [3.05, 3.63) is 63.0 Å². The first kappa shape index (κ1) is 22.1. The number of carbonyl (C=O) groups is 1. The van der Waals surface area contributed by atoms with Crippen LogP contribution in [0.1, 0.15) is 17.4 Å². The number of allylic oxidation sites excluding steroid dienone is 1. The van der Waals surface area contributed by atoms with Crippen LogP contribution in [-0.2, 0) is 11.3 Å². The van der Waals surface area contributed by atoms with E-state index < -0.39 is 34.3 Å². The van der Waals surface area contributed by atoms with Gasteiger partial charge in [0.25, 0.3) is 5.56 Å². The van der Waals surface area contributed by atoms with Gasteiger partial charge in [-0.3, -0.25) is 14.2 Å². The number of aryl methyl sites for hydroxylation is 2. The van der Waals surface area contributed by atoms with Crippen molar-refractivity contribution in [2.75, 3.05) is 5.32 Å². The smallest absolute Gasteiger partial charge is 0.263 e. The van der Waals surface area contributed by atoms with E-state index in [0.717, 1.165) is 34.3 Å². The fraction of sp³-hybridized carbons (Fsp3) is 0.250. The van der Waals surface area contributed by atoms with Gasteiger partial charge in [-0.1, -0.05) is 17.8 Å². The second-order valence-electron chi connectivity index (χ2n) is 6.53. The Morgan fingerprint density at radius 3 is 2.70 bits per heavy atom. The topological polar surface area (TPSA) is 64.0 Å². The molecule has 0 radical (unpaired) electrons. The quantitative estimate of drug-likeness (QED) is 0.252. The van der Waals surface area contributed by atoms with Crippen molar-refractivity contribution in [1.29, 1.82) is 0 Å². The number of aromatic nitrogens is 2. The summed E-state index contributed by atoms with van der Waals surface area (Å²) in [6.07, 6.45) is 1.55. The number of benzene rings is 1. The molecule has 0 fully saturated rings. The molecule has 1 aromatic carbocycles. The van der Waals surface area contributed by atoms with E-state index in [1.165, 1.54) is 22.8 Å². The maximum atomic E-state index is 13.8. The molecule has 0 aliphatic rings. The summed E-state index contributed by atoms with van der Waals surface area (Å²) in [4.78, 5) is 31.5. The molecule has 10 heteroatoms. The van der Waals surface area contributed by atoms with Crippen LogP contribution in [0.2, 0.25) is 0 Å². The highest BCUT2D eigenvalue weighted by atomic mass is 32.2. The van der Waals surface area contributed by atoms with Crippen molar-refractivity contribution in [2.24, 2.45) is 0 Å². The zero-order chi connectivity index (χ0) is 22.2. The van der Waals surface area contributed by atoms with Crippen molar-refractivity contribution >= 4 is 44.9 Å². The number of hydrogen-bond acceptors (Lipinski definition) is 5. The summed E-state index contributed by atoms with van der Waals surface area (Å²) in [7, 11) is 0. The molecule has 3 rings (SSSR count). The average molecular weight is 454 g/mol. The van der Waals surface area contributed by atoms with Gasteiger partial charge in [0, 0.05) is 11.4 Å². The molecule has 5 nitrogen and oxygen atoms in total. The van der Waals surface area contributed by atoms with Gasteiger partial charge in [0.15, 0.2) is 22.6 Å². The van der Waals surface area contributed by atoms with Crippen LogP contribution in [0, 0.1) is 31.3 Å². The molecule has 1 atom stereocenters. The lowest BCUT2D eigenvalue weighted by molar-refractivity contribution is -0.115. The minimum absolute atomic E-state index is 0.199. The molecule has 0 aliphatic heterocycles. The molecule has 158 valence electrons. The van der Waals surface area contributed by atoms with Crippen LogP contribution in [-0.4, -0.2) is 20.7 Å². The van der Waals surface area contributed by atoms with Crippen molar-refractivity contribution in [3.63, 3.8) is 0 Å². The highest BCUT2D eigenvalue weighted by Gasteiger charge is 2.23. The SMILES string of the molecule is C=CCn1c(S[C@@H](C)C(=O)Nc2ccc(F)c(F)c2F)nc2sc(C)c(C)c2c1=O. The van der Waals surface area contributed by atoms with Crippen LogP contribution in [0.5, 0.6) is 0 Å². The number of amides is 1. The minimum Gasteiger partial charge on any atom is -0.323 e. The lowest BCUT2D eigenvalue weighted by atomic mass is 10.2. The van der Waals surface area contributed by atoms with Gasteiger partial charge in [0.2, 0.25) is 5.91 Å². The third-order valence-corrected chi connectivity index (χ3v) is 6.70. The minimum atomic E-state index is -1.66. The first-order valence-electron chi connectivity index (χ1n) is 8.88.